The summed E-state index contributed by atoms with van der Waals surface area (Å²) in [5.74, 6) is -2.28. The van der Waals surface area contributed by atoms with Crippen LogP contribution in [0, 0.1) is 5.82 Å². The van der Waals surface area contributed by atoms with Gasteiger partial charge in [0, 0.05) is 6.42 Å². The number of benzene rings is 2. The van der Waals surface area contributed by atoms with E-state index < -0.39 is 29.7 Å². The lowest BCUT2D eigenvalue weighted by atomic mass is 9.90. The van der Waals surface area contributed by atoms with Gasteiger partial charge in [0.25, 0.3) is 0 Å². The fourth-order valence-corrected chi connectivity index (χ4v) is 3.47. The van der Waals surface area contributed by atoms with Crippen LogP contribution in [0.15, 0.2) is 47.6 Å². The van der Waals surface area contributed by atoms with E-state index in [0.29, 0.717) is 28.0 Å². The average Bonchev–Trinajstić information content (AvgIpc) is 3.31. The van der Waals surface area contributed by atoms with Crippen molar-refractivity contribution in [2.45, 2.75) is 18.4 Å². The lowest BCUT2D eigenvalue weighted by Crippen LogP contribution is -2.42. The highest BCUT2D eigenvalue weighted by Crippen LogP contribution is 2.31. The number of fused-ring (bicyclic) bond motifs is 1. The average molecular weight is 400 g/mol. The molecule has 3 aromatic rings. The van der Waals surface area contributed by atoms with Gasteiger partial charge in [-0.15, -0.1) is 0 Å². The molecule has 0 bridgehead atoms. The molecule has 0 spiro atoms. The van der Waals surface area contributed by atoms with Gasteiger partial charge in [-0.05, 0) is 29.8 Å². The van der Waals surface area contributed by atoms with Gasteiger partial charge in [0.05, 0.1) is 29.5 Å². The van der Waals surface area contributed by atoms with E-state index in [1.54, 1.807) is 18.2 Å². The number of aliphatic carboxylic acids is 1. The Morgan fingerprint density at radius 1 is 1.21 bits per heavy atom. The van der Waals surface area contributed by atoms with Crippen molar-refractivity contribution in [3.8, 4) is 0 Å². The predicted octanol–water partition coefficient (Wildman–Crippen LogP) is 2.81. The van der Waals surface area contributed by atoms with Crippen LogP contribution in [0.25, 0.3) is 11.0 Å². The summed E-state index contributed by atoms with van der Waals surface area (Å²) in [6.45, 7) is 0. The molecule has 0 saturated heterocycles. The molecule has 0 aliphatic carbocycles. The molecule has 142 valence electrons. The number of nitrogens with zero attached hydrogens (tertiary/aromatic N) is 3. The number of oxime groups is 1. The van der Waals surface area contributed by atoms with Gasteiger partial charge in [-0.1, -0.05) is 23.4 Å². The maximum atomic E-state index is 13.1. The minimum atomic E-state index is -1.83. The Morgan fingerprint density at radius 2 is 2.00 bits per heavy atom. The number of amides is 1. The van der Waals surface area contributed by atoms with E-state index in [4.69, 9.17) is 4.84 Å². The summed E-state index contributed by atoms with van der Waals surface area (Å²) in [6, 6.07) is 10.6. The van der Waals surface area contributed by atoms with E-state index in [0.717, 1.165) is 11.7 Å². The van der Waals surface area contributed by atoms with Gasteiger partial charge in [0.15, 0.2) is 0 Å². The van der Waals surface area contributed by atoms with Crippen LogP contribution in [-0.4, -0.2) is 37.0 Å². The first-order chi connectivity index (χ1) is 13.5. The van der Waals surface area contributed by atoms with Crippen molar-refractivity contribution in [3.05, 3.63) is 53.8 Å². The number of hydrogen-bond donors (Lipinski definition) is 2. The van der Waals surface area contributed by atoms with E-state index in [-0.39, 0.29) is 6.42 Å². The smallest absolute Gasteiger partial charge is 0.351 e. The molecule has 1 aliphatic heterocycles. The lowest BCUT2D eigenvalue weighted by molar-refractivity contribution is -0.165. The normalized spacial score (nSPS) is 18.5. The molecule has 1 amide bonds. The van der Waals surface area contributed by atoms with Crippen LogP contribution in [-0.2, 0) is 14.4 Å². The minimum absolute atomic E-state index is 0.121. The molecule has 4 rings (SSSR count). The molecule has 1 aliphatic rings. The molecule has 1 aromatic heterocycles. The molecule has 8 nitrogen and oxygen atoms in total. The number of carbonyl (C=O) groups is 2. The number of rotatable bonds is 5. The van der Waals surface area contributed by atoms with Crippen LogP contribution >= 0.6 is 11.7 Å². The summed E-state index contributed by atoms with van der Waals surface area (Å²) >= 11 is 1.01. The Labute approximate surface area is 162 Å². The van der Waals surface area contributed by atoms with Gasteiger partial charge in [0.1, 0.15) is 16.9 Å². The largest absolute Gasteiger partial charge is 0.478 e. The van der Waals surface area contributed by atoms with Gasteiger partial charge in [-0.2, -0.15) is 8.75 Å². The zero-order valence-corrected chi connectivity index (χ0v) is 15.1. The van der Waals surface area contributed by atoms with Crippen molar-refractivity contribution in [2.24, 2.45) is 5.16 Å². The van der Waals surface area contributed by atoms with Gasteiger partial charge >= 0.3 is 5.97 Å². The fraction of sp³-hybridized carbons (Fsp3) is 0.167. The van der Waals surface area contributed by atoms with Crippen LogP contribution in [0.5, 0.6) is 0 Å². The lowest BCUT2D eigenvalue weighted by Gasteiger charge is -2.21. The number of carbonyl (C=O) groups excluding carboxylic acids is 1. The van der Waals surface area contributed by atoms with Crippen molar-refractivity contribution in [3.63, 3.8) is 0 Å². The standard InChI is InChI=1S/C18H13FN4O4S/c19-11-6-4-10(5-7-11)14-8-18(17(25)26,27-21-14)9-15(24)20-12-2-1-3-13-16(12)23-28-22-13/h1-7H,8-9H2,(H,20,24)(H,25,26). The SMILES string of the molecule is O=C(CC1(C(=O)O)CC(c2ccc(F)cc2)=NO1)Nc1cccc2nsnc12. The highest BCUT2D eigenvalue weighted by Gasteiger charge is 2.49. The van der Waals surface area contributed by atoms with Gasteiger partial charge in [-0.25, -0.2) is 9.18 Å². The van der Waals surface area contributed by atoms with Gasteiger partial charge < -0.3 is 15.3 Å². The zero-order chi connectivity index (χ0) is 19.7. The van der Waals surface area contributed by atoms with E-state index in [1.165, 1.54) is 24.3 Å². The van der Waals surface area contributed by atoms with Crippen LogP contribution in [0.2, 0.25) is 0 Å². The van der Waals surface area contributed by atoms with Gasteiger partial charge in [0.2, 0.25) is 11.5 Å². The number of halogens is 1. The van der Waals surface area contributed by atoms with Crippen molar-refractivity contribution in [2.75, 3.05) is 5.32 Å². The number of nitrogens with one attached hydrogen (secondary N) is 1. The van der Waals surface area contributed by atoms with E-state index >= 15 is 0 Å². The topological polar surface area (TPSA) is 114 Å². The molecule has 1 unspecified atom stereocenters. The molecule has 2 aromatic carbocycles. The molecule has 2 N–H and O–H groups in total. The summed E-state index contributed by atoms with van der Waals surface area (Å²) < 4.78 is 21.3. The first-order valence-corrected chi connectivity index (χ1v) is 8.95. The molecule has 0 radical (unpaired) electrons. The molecule has 10 heteroatoms. The molecule has 1 atom stereocenters. The van der Waals surface area contributed by atoms with E-state index in [2.05, 4.69) is 19.2 Å². The second kappa shape index (κ2) is 6.97. The third kappa shape index (κ3) is 3.29. The first-order valence-electron chi connectivity index (χ1n) is 8.22. The number of aromatic nitrogens is 2. The fourth-order valence-electron chi connectivity index (χ4n) is 2.92. The van der Waals surface area contributed by atoms with E-state index in [9.17, 15) is 19.1 Å². The highest BCUT2D eigenvalue weighted by molar-refractivity contribution is 7.00. The second-order valence-corrected chi connectivity index (χ2v) is 6.80. The Morgan fingerprint density at radius 3 is 2.75 bits per heavy atom. The third-order valence-electron chi connectivity index (χ3n) is 4.36. The molecular weight excluding hydrogens is 387 g/mol. The van der Waals surface area contributed by atoms with Crippen LogP contribution in [0.3, 0.4) is 0 Å². The minimum Gasteiger partial charge on any atom is -0.478 e. The Balaban J connectivity index is 1.51. The van der Waals surface area contributed by atoms with Crippen molar-refractivity contribution < 1.29 is 23.9 Å². The second-order valence-electron chi connectivity index (χ2n) is 6.27. The highest BCUT2D eigenvalue weighted by atomic mass is 32.1. The number of carboxylic acids is 1. The Kier molecular flexibility index (Phi) is 4.47. The third-order valence-corrected chi connectivity index (χ3v) is 4.90. The molecule has 28 heavy (non-hydrogen) atoms. The Hall–Kier alpha value is -3.40. The number of carboxylic acid groups (broad SMARTS) is 1. The molecule has 2 heterocycles. The molecule has 0 saturated carbocycles. The monoisotopic (exact) mass is 400 g/mol. The molecule has 0 fully saturated rings. The summed E-state index contributed by atoms with van der Waals surface area (Å²) in [5.41, 5.74) is 0.636. The first kappa shape index (κ1) is 18.0. The quantitative estimate of drug-likeness (QED) is 0.681. The predicted molar refractivity (Wildman–Crippen MR) is 99.7 cm³/mol. The number of anilines is 1. The van der Waals surface area contributed by atoms with Gasteiger partial charge in [-0.3, -0.25) is 4.79 Å². The maximum Gasteiger partial charge on any atom is 0.351 e. The number of hydrogen-bond acceptors (Lipinski definition) is 7. The van der Waals surface area contributed by atoms with Crippen LogP contribution in [0.4, 0.5) is 10.1 Å². The summed E-state index contributed by atoms with van der Waals surface area (Å²) in [7, 11) is 0. The van der Waals surface area contributed by atoms with Crippen LogP contribution < -0.4 is 5.32 Å². The van der Waals surface area contributed by atoms with E-state index in [1.807, 2.05) is 0 Å². The summed E-state index contributed by atoms with van der Waals surface area (Å²) in [6.07, 6.45) is -0.575. The van der Waals surface area contributed by atoms with Crippen molar-refractivity contribution in [1.29, 1.82) is 0 Å². The van der Waals surface area contributed by atoms with Crippen molar-refractivity contribution in [1.82, 2.24) is 8.75 Å². The summed E-state index contributed by atoms with van der Waals surface area (Å²) in [4.78, 5) is 29.6. The molecular formula is C18H13FN4O4S. The zero-order valence-electron chi connectivity index (χ0n) is 14.3. The van der Waals surface area contributed by atoms with Crippen LogP contribution in [0.1, 0.15) is 18.4 Å². The summed E-state index contributed by atoms with van der Waals surface area (Å²) in [5, 5.41) is 16.2. The maximum absolute atomic E-state index is 13.1. The van der Waals surface area contributed by atoms with Crippen molar-refractivity contribution >= 4 is 46.0 Å². The Bertz CT molecular complexity index is 1100.